The average molecular weight is 392 g/mol. The molecule has 1 fully saturated rings. The molecule has 0 atom stereocenters. The first-order valence-corrected chi connectivity index (χ1v) is 9.17. The summed E-state index contributed by atoms with van der Waals surface area (Å²) in [6.07, 6.45) is 5.10. The Morgan fingerprint density at radius 2 is 1.67 bits per heavy atom. The lowest BCUT2D eigenvalue weighted by molar-refractivity contribution is 0.718. The summed E-state index contributed by atoms with van der Waals surface area (Å²) in [5, 5.41) is 0. The summed E-state index contributed by atoms with van der Waals surface area (Å²) in [6.45, 7) is 1.77. The lowest BCUT2D eigenvalue weighted by Gasteiger charge is -2.24. The van der Waals surface area contributed by atoms with Gasteiger partial charge in [0.1, 0.15) is 5.82 Å². The summed E-state index contributed by atoms with van der Waals surface area (Å²) < 4.78 is 2.17. The van der Waals surface area contributed by atoms with Crippen LogP contribution in [0.2, 0.25) is 0 Å². The van der Waals surface area contributed by atoms with Crippen molar-refractivity contribution in [2.24, 2.45) is 7.05 Å². The summed E-state index contributed by atoms with van der Waals surface area (Å²) in [5.74, 6) is 0.702. The van der Waals surface area contributed by atoms with Gasteiger partial charge in [0.2, 0.25) is 0 Å². The Labute approximate surface area is 149 Å². The first-order chi connectivity index (χ1) is 11.6. The van der Waals surface area contributed by atoms with Crippen LogP contribution >= 0.6 is 15.9 Å². The zero-order valence-electron chi connectivity index (χ0n) is 13.8. The fourth-order valence-corrected chi connectivity index (χ4v) is 3.45. The summed E-state index contributed by atoms with van der Waals surface area (Å²) in [6, 6.07) is 7.94. The van der Waals surface area contributed by atoms with Crippen molar-refractivity contribution in [2.75, 3.05) is 18.0 Å². The largest absolute Gasteiger partial charge is 0.358 e. The van der Waals surface area contributed by atoms with Gasteiger partial charge in [-0.2, -0.15) is 0 Å². The third-order valence-electron chi connectivity index (χ3n) is 4.60. The van der Waals surface area contributed by atoms with Crippen LogP contribution in [0.1, 0.15) is 36.8 Å². The molecule has 1 aliphatic heterocycles. The minimum absolute atomic E-state index is 0.207. The number of nitrogens with zero attached hydrogens (tertiary/aromatic N) is 2. The number of aromatic nitrogens is 2. The summed E-state index contributed by atoms with van der Waals surface area (Å²) in [7, 11) is 1.53. The van der Waals surface area contributed by atoms with Gasteiger partial charge in [-0.25, -0.2) is 4.79 Å². The van der Waals surface area contributed by atoms with Crippen LogP contribution in [0.4, 0.5) is 5.82 Å². The van der Waals surface area contributed by atoms with Gasteiger partial charge in [0.15, 0.2) is 0 Å². The van der Waals surface area contributed by atoms with Gasteiger partial charge in [0.25, 0.3) is 5.56 Å². The molecule has 0 spiro atoms. The number of hydrogen-bond acceptors (Lipinski definition) is 3. The molecule has 0 radical (unpaired) electrons. The highest BCUT2D eigenvalue weighted by Crippen LogP contribution is 2.21. The fraction of sp³-hybridized carbons (Fsp3) is 0.444. The molecule has 0 bridgehead atoms. The van der Waals surface area contributed by atoms with Gasteiger partial charge in [0, 0.05) is 31.0 Å². The minimum atomic E-state index is -0.348. The molecule has 128 valence electrons. The van der Waals surface area contributed by atoms with E-state index in [-0.39, 0.29) is 11.2 Å². The Kier molecular flexibility index (Phi) is 5.23. The van der Waals surface area contributed by atoms with E-state index >= 15 is 0 Å². The summed E-state index contributed by atoms with van der Waals surface area (Å²) in [4.78, 5) is 29.9. The highest BCUT2D eigenvalue weighted by Gasteiger charge is 2.19. The molecule has 1 aliphatic rings. The maximum atomic E-state index is 12.7. The molecule has 0 amide bonds. The monoisotopic (exact) mass is 391 g/mol. The van der Waals surface area contributed by atoms with Crippen LogP contribution < -0.4 is 16.1 Å². The maximum Gasteiger partial charge on any atom is 0.329 e. The van der Waals surface area contributed by atoms with E-state index < -0.39 is 0 Å². The standard InChI is InChI=1S/C18H22BrN3O2/c1-21-17(23)15(12-13-6-8-14(19)9-7-13)16(20-18(21)24)22-10-4-2-3-5-11-22/h6-9H,2-5,10-12H2,1H3,(H,20,24). The van der Waals surface area contributed by atoms with E-state index in [9.17, 15) is 9.59 Å². The van der Waals surface area contributed by atoms with E-state index in [2.05, 4.69) is 25.8 Å². The Hall–Kier alpha value is -1.82. The lowest BCUT2D eigenvalue weighted by atomic mass is 10.1. The number of benzene rings is 1. The number of H-pyrrole nitrogens is 1. The average Bonchev–Trinajstić information content (AvgIpc) is 2.86. The smallest absolute Gasteiger partial charge is 0.329 e. The van der Waals surface area contributed by atoms with Gasteiger partial charge in [0.05, 0.1) is 5.56 Å². The van der Waals surface area contributed by atoms with Gasteiger partial charge in [-0.05, 0) is 30.5 Å². The molecule has 1 saturated heterocycles. The van der Waals surface area contributed by atoms with Crippen LogP contribution in [0.5, 0.6) is 0 Å². The lowest BCUT2D eigenvalue weighted by Crippen LogP contribution is -2.39. The Morgan fingerprint density at radius 3 is 2.29 bits per heavy atom. The second-order valence-corrected chi connectivity index (χ2v) is 7.24. The van der Waals surface area contributed by atoms with Crippen molar-refractivity contribution in [3.63, 3.8) is 0 Å². The fourth-order valence-electron chi connectivity index (χ4n) is 3.19. The maximum absolute atomic E-state index is 12.7. The van der Waals surface area contributed by atoms with Crippen LogP contribution in [0.25, 0.3) is 0 Å². The van der Waals surface area contributed by atoms with Crippen molar-refractivity contribution >= 4 is 21.7 Å². The molecule has 24 heavy (non-hydrogen) atoms. The van der Waals surface area contributed by atoms with Gasteiger partial charge in [-0.3, -0.25) is 14.3 Å². The van der Waals surface area contributed by atoms with Gasteiger partial charge < -0.3 is 4.90 Å². The van der Waals surface area contributed by atoms with Crippen molar-refractivity contribution in [2.45, 2.75) is 32.1 Å². The molecule has 1 aromatic carbocycles. The van der Waals surface area contributed by atoms with Crippen LogP contribution in [0.3, 0.4) is 0 Å². The second kappa shape index (κ2) is 7.38. The number of aromatic amines is 1. The van der Waals surface area contributed by atoms with Crippen LogP contribution in [0, 0.1) is 0 Å². The summed E-state index contributed by atoms with van der Waals surface area (Å²) >= 11 is 3.43. The third kappa shape index (κ3) is 3.64. The molecule has 2 heterocycles. The molecule has 1 N–H and O–H groups in total. The van der Waals surface area contributed by atoms with Crippen molar-refractivity contribution in [3.8, 4) is 0 Å². The first-order valence-electron chi connectivity index (χ1n) is 8.38. The number of anilines is 1. The number of halogens is 1. The number of rotatable bonds is 3. The SMILES string of the molecule is Cn1c(=O)[nH]c(N2CCCCCC2)c(Cc2ccc(Br)cc2)c1=O. The highest BCUT2D eigenvalue weighted by molar-refractivity contribution is 9.10. The molecular weight excluding hydrogens is 370 g/mol. The van der Waals surface area contributed by atoms with Crippen LogP contribution in [0.15, 0.2) is 38.3 Å². The van der Waals surface area contributed by atoms with E-state index in [0.717, 1.165) is 40.5 Å². The molecular formula is C18H22BrN3O2. The first kappa shape index (κ1) is 17.0. The topological polar surface area (TPSA) is 58.1 Å². The minimum Gasteiger partial charge on any atom is -0.358 e. The molecule has 2 aromatic rings. The normalized spacial score (nSPS) is 15.3. The number of hydrogen-bond donors (Lipinski definition) is 1. The zero-order chi connectivity index (χ0) is 17.1. The molecule has 0 aliphatic carbocycles. The second-order valence-electron chi connectivity index (χ2n) is 6.33. The Balaban J connectivity index is 2.05. The van der Waals surface area contributed by atoms with Crippen LogP contribution in [-0.2, 0) is 13.5 Å². The molecule has 0 unspecified atom stereocenters. The Morgan fingerprint density at radius 1 is 1.04 bits per heavy atom. The zero-order valence-corrected chi connectivity index (χ0v) is 15.4. The molecule has 5 nitrogen and oxygen atoms in total. The van der Waals surface area contributed by atoms with Gasteiger partial charge in [-0.15, -0.1) is 0 Å². The van der Waals surface area contributed by atoms with E-state index in [1.807, 2.05) is 24.3 Å². The van der Waals surface area contributed by atoms with Crippen LogP contribution in [-0.4, -0.2) is 22.6 Å². The summed E-state index contributed by atoms with van der Waals surface area (Å²) in [5.41, 5.74) is 1.17. The highest BCUT2D eigenvalue weighted by atomic mass is 79.9. The van der Waals surface area contributed by atoms with Crippen molar-refractivity contribution in [1.29, 1.82) is 0 Å². The van der Waals surface area contributed by atoms with Gasteiger partial charge >= 0.3 is 5.69 Å². The Bertz CT molecular complexity index is 816. The predicted octanol–water partition coefficient (Wildman–Crippen LogP) is 2.81. The van der Waals surface area contributed by atoms with E-state index in [1.165, 1.54) is 19.9 Å². The third-order valence-corrected chi connectivity index (χ3v) is 5.12. The molecule has 1 aromatic heterocycles. The van der Waals surface area contributed by atoms with E-state index in [1.54, 1.807) is 0 Å². The molecule has 6 heteroatoms. The van der Waals surface area contributed by atoms with Crippen molar-refractivity contribution in [1.82, 2.24) is 9.55 Å². The molecule has 3 rings (SSSR count). The van der Waals surface area contributed by atoms with Crippen molar-refractivity contribution in [3.05, 3.63) is 60.7 Å². The van der Waals surface area contributed by atoms with E-state index in [0.29, 0.717) is 17.8 Å². The predicted molar refractivity (Wildman–Crippen MR) is 99.9 cm³/mol. The molecule has 0 saturated carbocycles. The van der Waals surface area contributed by atoms with Gasteiger partial charge in [-0.1, -0.05) is 40.9 Å². The van der Waals surface area contributed by atoms with E-state index in [4.69, 9.17) is 0 Å². The quantitative estimate of drug-likeness (QED) is 0.874. The van der Waals surface area contributed by atoms with Crippen molar-refractivity contribution < 1.29 is 0 Å². The number of nitrogens with one attached hydrogen (secondary N) is 1.